The summed E-state index contributed by atoms with van der Waals surface area (Å²) in [6.45, 7) is 0. The van der Waals surface area contributed by atoms with Gasteiger partial charge < -0.3 is 0 Å². The van der Waals surface area contributed by atoms with Gasteiger partial charge in [-0.2, -0.15) is 5.10 Å². The summed E-state index contributed by atoms with van der Waals surface area (Å²) in [6, 6.07) is 12.3. The quantitative estimate of drug-likeness (QED) is 0.449. The molecule has 0 atom stereocenters. The van der Waals surface area contributed by atoms with Gasteiger partial charge in [-0.05, 0) is 46.9 Å². The molecular weight excluding hydrogens is 410 g/mol. The molecule has 6 heteroatoms. The summed E-state index contributed by atoms with van der Waals surface area (Å²) in [4.78, 5) is 11.9. The molecule has 2 rings (SSSR count). The van der Waals surface area contributed by atoms with E-state index < -0.39 is 0 Å². The van der Waals surface area contributed by atoms with Gasteiger partial charge in [0.1, 0.15) is 0 Å². The van der Waals surface area contributed by atoms with Crippen molar-refractivity contribution in [3.8, 4) is 0 Å². The molecule has 3 nitrogen and oxygen atoms in total. The average molecular weight is 419 g/mol. The van der Waals surface area contributed by atoms with Crippen molar-refractivity contribution in [1.82, 2.24) is 5.43 Å². The van der Waals surface area contributed by atoms with Crippen LogP contribution in [0.1, 0.15) is 15.9 Å². The van der Waals surface area contributed by atoms with Gasteiger partial charge in [-0.25, -0.2) is 5.43 Å². The second-order valence-corrected chi connectivity index (χ2v) is 5.85. The van der Waals surface area contributed by atoms with Crippen LogP contribution in [0.5, 0.6) is 0 Å². The molecule has 0 heterocycles. The van der Waals surface area contributed by atoms with Gasteiger partial charge in [-0.3, -0.25) is 4.79 Å². The van der Waals surface area contributed by atoms with Crippen LogP contribution in [0.2, 0.25) is 10.0 Å². The lowest BCUT2D eigenvalue weighted by atomic mass is 10.2. The monoisotopic (exact) mass is 418 g/mol. The number of hydrogen-bond acceptors (Lipinski definition) is 2. The van der Waals surface area contributed by atoms with E-state index in [1.54, 1.807) is 30.3 Å². The molecule has 20 heavy (non-hydrogen) atoms. The lowest BCUT2D eigenvalue weighted by Gasteiger charge is -2.02. The van der Waals surface area contributed by atoms with Crippen molar-refractivity contribution in [2.24, 2.45) is 5.10 Å². The first-order valence-corrected chi connectivity index (χ1v) is 7.44. The molecule has 0 saturated carbocycles. The van der Waals surface area contributed by atoms with Gasteiger partial charge in [0.05, 0.1) is 16.8 Å². The smallest absolute Gasteiger partial charge is 0.267 e. The molecular formula is C14H9Cl2IN2O. The molecule has 0 radical (unpaired) electrons. The summed E-state index contributed by atoms with van der Waals surface area (Å²) >= 11 is 13.9. The SMILES string of the molecule is O=C(N/N=C\c1ccc(Cl)cc1Cl)c1ccccc1I. The van der Waals surface area contributed by atoms with Crippen molar-refractivity contribution >= 4 is 57.9 Å². The van der Waals surface area contributed by atoms with Crippen molar-refractivity contribution in [2.75, 3.05) is 0 Å². The van der Waals surface area contributed by atoms with Gasteiger partial charge in [0, 0.05) is 14.2 Å². The first kappa shape index (κ1) is 15.3. The van der Waals surface area contributed by atoms with Crippen molar-refractivity contribution in [3.05, 3.63) is 67.2 Å². The van der Waals surface area contributed by atoms with Gasteiger partial charge in [-0.15, -0.1) is 0 Å². The Morgan fingerprint density at radius 2 is 1.95 bits per heavy atom. The molecule has 0 saturated heterocycles. The van der Waals surface area contributed by atoms with Gasteiger partial charge in [0.2, 0.25) is 0 Å². The molecule has 0 aliphatic carbocycles. The standard InChI is InChI=1S/C14H9Cl2IN2O/c15-10-6-5-9(12(16)7-10)8-18-19-14(20)11-3-1-2-4-13(11)17/h1-8H,(H,19,20)/b18-8-. The molecule has 1 N–H and O–H groups in total. The summed E-state index contributed by atoms with van der Waals surface area (Å²) in [5, 5.41) is 4.92. The summed E-state index contributed by atoms with van der Waals surface area (Å²) in [5.41, 5.74) is 3.72. The Morgan fingerprint density at radius 3 is 2.65 bits per heavy atom. The predicted molar refractivity (Wildman–Crippen MR) is 90.7 cm³/mol. The lowest BCUT2D eigenvalue weighted by Crippen LogP contribution is -2.18. The van der Waals surface area contributed by atoms with E-state index in [-0.39, 0.29) is 5.91 Å². The van der Waals surface area contributed by atoms with E-state index in [2.05, 4.69) is 33.1 Å². The van der Waals surface area contributed by atoms with E-state index in [1.807, 2.05) is 12.1 Å². The van der Waals surface area contributed by atoms with Crippen molar-refractivity contribution < 1.29 is 4.79 Å². The van der Waals surface area contributed by atoms with E-state index in [0.717, 1.165) is 3.57 Å². The molecule has 1 amide bonds. The van der Waals surface area contributed by atoms with Gasteiger partial charge in [0.15, 0.2) is 0 Å². The zero-order valence-electron chi connectivity index (χ0n) is 10.1. The Balaban J connectivity index is 2.07. The van der Waals surface area contributed by atoms with Crippen LogP contribution in [0, 0.1) is 3.57 Å². The van der Waals surface area contributed by atoms with Crippen LogP contribution in [0.15, 0.2) is 47.6 Å². The maximum Gasteiger partial charge on any atom is 0.272 e. The second-order valence-electron chi connectivity index (χ2n) is 3.84. The number of halogens is 3. The molecule has 2 aromatic rings. The first-order chi connectivity index (χ1) is 9.58. The van der Waals surface area contributed by atoms with Gasteiger partial charge in [0.25, 0.3) is 5.91 Å². The lowest BCUT2D eigenvalue weighted by molar-refractivity contribution is 0.0954. The number of hydrogen-bond donors (Lipinski definition) is 1. The zero-order valence-corrected chi connectivity index (χ0v) is 13.8. The van der Waals surface area contributed by atoms with Crippen molar-refractivity contribution in [1.29, 1.82) is 0 Å². The molecule has 2 aromatic carbocycles. The Morgan fingerprint density at radius 1 is 1.20 bits per heavy atom. The van der Waals surface area contributed by atoms with Crippen LogP contribution >= 0.6 is 45.8 Å². The minimum absolute atomic E-state index is 0.267. The molecule has 0 aliphatic heterocycles. The van der Waals surface area contributed by atoms with Gasteiger partial charge in [-0.1, -0.05) is 41.4 Å². The third kappa shape index (κ3) is 3.94. The third-order valence-corrected chi connectivity index (χ3v) is 3.95. The average Bonchev–Trinajstić information content (AvgIpc) is 2.41. The number of benzene rings is 2. The van der Waals surface area contributed by atoms with Crippen LogP contribution in [0.4, 0.5) is 0 Å². The molecule has 102 valence electrons. The number of rotatable bonds is 3. The Kier molecular flexibility index (Phi) is 5.39. The number of hydrazone groups is 1. The van der Waals surface area contributed by atoms with E-state index in [0.29, 0.717) is 21.2 Å². The van der Waals surface area contributed by atoms with E-state index in [9.17, 15) is 4.79 Å². The topological polar surface area (TPSA) is 41.5 Å². The number of nitrogens with zero attached hydrogens (tertiary/aromatic N) is 1. The van der Waals surface area contributed by atoms with Crippen molar-refractivity contribution in [2.45, 2.75) is 0 Å². The van der Waals surface area contributed by atoms with Crippen LogP contribution in [0.3, 0.4) is 0 Å². The predicted octanol–water partition coefficient (Wildman–Crippen LogP) is 4.36. The number of carbonyl (C=O) groups is 1. The van der Waals surface area contributed by atoms with Crippen molar-refractivity contribution in [3.63, 3.8) is 0 Å². The highest BCUT2D eigenvalue weighted by molar-refractivity contribution is 14.1. The number of amides is 1. The molecule has 0 bridgehead atoms. The summed E-state index contributed by atoms with van der Waals surface area (Å²) < 4.78 is 0.863. The highest BCUT2D eigenvalue weighted by Gasteiger charge is 2.07. The van der Waals surface area contributed by atoms with E-state index in [4.69, 9.17) is 23.2 Å². The van der Waals surface area contributed by atoms with Crippen LogP contribution < -0.4 is 5.43 Å². The summed E-state index contributed by atoms with van der Waals surface area (Å²) in [6.07, 6.45) is 1.48. The highest BCUT2D eigenvalue weighted by Crippen LogP contribution is 2.19. The maximum atomic E-state index is 11.9. The molecule has 0 unspecified atom stereocenters. The van der Waals surface area contributed by atoms with E-state index in [1.165, 1.54) is 6.21 Å². The largest absolute Gasteiger partial charge is 0.272 e. The fourth-order valence-corrected chi connectivity index (χ4v) is 2.56. The molecule has 0 fully saturated rings. The van der Waals surface area contributed by atoms with E-state index >= 15 is 0 Å². The fourth-order valence-electron chi connectivity index (χ4n) is 1.47. The Labute approximate surface area is 140 Å². The molecule has 0 aromatic heterocycles. The third-order valence-electron chi connectivity index (χ3n) is 2.45. The molecule has 0 aliphatic rings. The summed E-state index contributed by atoms with van der Waals surface area (Å²) in [5.74, 6) is -0.267. The van der Waals surface area contributed by atoms with Crippen LogP contribution in [0.25, 0.3) is 0 Å². The normalized spacial score (nSPS) is 10.8. The minimum Gasteiger partial charge on any atom is -0.267 e. The minimum atomic E-state index is -0.267. The maximum absolute atomic E-state index is 11.9. The number of nitrogens with one attached hydrogen (secondary N) is 1. The molecule has 0 spiro atoms. The Hall–Kier alpha value is -1.11. The highest BCUT2D eigenvalue weighted by atomic mass is 127. The van der Waals surface area contributed by atoms with Gasteiger partial charge >= 0.3 is 0 Å². The summed E-state index contributed by atoms with van der Waals surface area (Å²) in [7, 11) is 0. The first-order valence-electron chi connectivity index (χ1n) is 5.61. The van der Waals surface area contributed by atoms with Crippen LogP contribution in [-0.2, 0) is 0 Å². The zero-order chi connectivity index (χ0) is 14.5. The second kappa shape index (κ2) is 7.06. The number of carbonyl (C=O) groups excluding carboxylic acids is 1. The fraction of sp³-hybridized carbons (Fsp3) is 0. The Bertz CT molecular complexity index is 674. The van der Waals surface area contributed by atoms with Crippen LogP contribution in [-0.4, -0.2) is 12.1 Å².